The van der Waals surface area contributed by atoms with Crippen molar-refractivity contribution in [1.29, 1.82) is 0 Å². The molecule has 4 aromatic carbocycles. The number of rotatable bonds is 5. The third-order valence-electron chi connectivity index (χ3n) is 5.31. The van der Waals surface area contributed by atoms with E-state index in [1.54, 1.807) is 72.8 Å². The Bertz CT molecular complexity index is 1590. The molecule has 0 bridgehead atoms. The van der Waals surface area contributed by atoms with E-state index in [0.717, 1.165) is 0 Å². The van der Waals surface area contributed by atoms with Crippen molar-refractivity contribution < 1.29 is 19.1 Å². The number of aromatic hydroxyl groups is 1. The zero-order chi connectivity index (χ0) is 23.7. The van der Waals surface area contributed by atoms with Gasteiger partial charge in [0, 0.05) is 11.1 Å². The number of nitrogens with zero attached hydrogens (tertiary/aromatic N) is 2. The van der Waals surface area contributed by atoms with Crippen LogP contribution in [-0.4, -0.2) is 16.9 Å². The smallest absolute Gasteiger partial charge is 0.286 e. The Balaban J connectivity index is 1.63. The number of hydrogen-bond donors (Lipinski definition) is 3. The first kappa shape index (κ1) is 20.9. The summed E-state index contributed by atoms with van der Waals surface area (Å²) in [5, 5.41) is 23.9. The number of azo groups is 1. The van der Waals surface area contributed by atoms with Gasteiger partial charge in [0.05, 0.1) is 5.56 Å². The first-order chi connectivity index (χ1) is 16.5. The zero-order valence-corrected chi connectivity index (χ0v) is 17.7. The molecule has 0 radical (unpaired) electrons. The molecule has 0 atom stereocenters. The molecule has 0 saturated heterocycles. The number of nitrogens with two attached hydrogens (primary N) is 1. The molecule has 0 aliphatic heterocycles. The van der Waals surface area contributed by atoms with Gasteiger partial charge in [0.1, 0.15) is 17.0 Å². The number of primary amides is 1. The molecule has 0 spiro atoms. The molecule has 4 N–H and O–H groups in total. The Kier molecular flexibility index (Phi) is 5.23. The summed E-state index contributed by atoms with van der Waals surface area (Å²) >= 11 is 0. The van der Waals surface area contributed by atoms with Gasteiger partial charge in [-0.3, -0.25) is 9.59 Å². The van der Waals surface area contributed by atoms with Crippen LogP contribution in [0.5, 0.6) is 5.75 Å². The number of benzene rings is 4. The van der Waals surface area contributed by atoms with Crippen molar-refractivity contribution in [3.05, 3.63) is 96.3 Å². The number of furan rings is 1. The zero-order valence-electron chi connectivity index (χ0n) is 17.7. The number of phenolic OH excluding ortho intramolecular Hbond substituents is 1. The number of hydrogen-bond acceptors (Lipinski definition) is 6. The molecule has 2 amide bonds. The highest BCUT2D eigenvalue weighted by Crippen LogP contribution is 2.40. The minimum Gasteiger partial charge on any atom is -0.505 e. The summed E-state index contributed by atoms with van der Waals surface area (Å²) < 4.78 is 5.52. The predicted octanol–water partition coefficient (Wildman–Crippen LogP) is 6.06. The summed E-state index contributed by atoms with van der Waals surface area (Å²) in [6.07, 6.45) is 0. The van der Waals surface area contributed by atoms with E-state index in [2.05, 4.69) is 15.5 Å². The fraction of sp³-hybridized carbons (Fsp3) is 0. The number of fused-ring (bicyclic) bond motifs is 2. The summed E-state index contributed by atoms with van der Waals surface area (Å²) in [7, 11) is 0. The number of nitrogens with one attached hydrogen (secondary N) is 1. The van der Waals surface area contributed by atoms with Gasteiger partial charge in [0.25, 0.3) is 11.8 Å². The number of para-hydroxylation sites is 2. The molecule has 8 heteroatoms. The summed E-state index contributed by atoms with van der Waals surface area (Å²) in [5.74, 6) is -1.78. The van der Waals surface area contributed by atoms with Gasteiger partial charge in [-0.25, -0.2) is 0 Å². The quantitative estimate of drug-likeness (QED) is 0.281. The molecule has 0 unspecified atom stereocenters. The molecule has 0 aliphatic rings. The number of phenols is 1. The highest BCUT2D eigenvalue weighted by Gasteiger charge is 2.21. The minimum atomic E-state index is -0.796. The van der Waals surface area contributed by atoms with Crippen molar-refractivity contribution in [2.75, 3.05) is 5.32 Å². The van der Waals surface area contributed by atoms with Crippen LogP contribution in [-0.2, 0) is 0 Å². The highest BCUT2D eigenvalue weighted by molar-refractivity contribution is 6.16. The number of carbonyl (C=O) groups is 2. The summed E-state index contributed by atoms with van der Waals surface area (Å²) in [5.41, 5.74) is 6.72. The van der Waals surface area contributed by atoms with Crippen LogP contribution in [0.2, 0.25) is 0 Å². The van der Waals surface area contributed by atoms with Gasteiger partial charge in [-0.2, -0.15) is 0 Å². The summed E-state index contributed by atoms with van der Waals surface area (Å²) in [6, 6.07) is 24.6. The molecule has 8 nitrogen and oxygen atoms in total. The lowest BCUT2D eigenvalue weighted by Crippen LogP contribution is -2.12. The van der Waals surface area contributed by atoms with Crippen LogP contribution in [0.4, 0.5) is 17.1 Å². The first-order valence-corrected chi connectivity index (χ1v) is 10.4. The van der Waals surface area contributed by atoms with Crippen molar-refractivity contribution in [2.45, 2.75) is 0 Å². The molecule has 34 heavy (non-hydrogen) atoms. The molecule has 1 aromatic heterocycles. The summed E-state index contributed by atoms with van der Waals surface area (Å²) in [4.78, 5) is 25.0. The monoisotopic (exact) mass is 450 g/mol. The Morgan fingerprint density at radius 1 is 0.853 bits per heavy atom. The standard InChI is InChI=1S/C26H18N4O4/c27-25(32)24-22(18-12-6-7-13-20(18)34-24)30-29-19-14-15-8-4-5-11-17(15)21(23(19)31)26(33)28-16-9-2-1-3-10-16/h1-14,31H,(H2,27,32)(H,28,33)/b30-29+. The van der Waals surface area contributed by atoms with E-state index in [4.69, 9.17) is 10.2 Å². The van der Waals surface area contributed by atoms with Crippen LogP contribution in [0.15, 0.2) is 99.6 Å². The Morgan fingerprint density at radius 3 is 2.29 bits per heavy atom. The van der Waals surface area contributed by atoms with E-state index in [1.807, 2.05) is 12.1 Å². The van der Waals surface area contributed by atoms with Gasteiger partial charge in [0.2, 0.25) is 5.76 Å². The minimum absolute atomic E-state index is 0.0533. The normalized spacial score (nSPS) is 11.3. The van der Waals surface area contributed by atoms with Crippen LogP contribution in [0.3, 0.4) is 0 Å². The number of carbonyl (C=O) groups excluding carboxylic acids is 2. The van der Waals surface area contributed by atoms with Crippen LogP contribution < -0.4 is 11.1 Å². The van der Waals surface area contributed by atoms with Gasteiger partial charge in [-0.05, 0) is 41.1 Å². The van der Waals surface area contributed by atoms with Crippen LogP contribution >= 0.6 is 0 Å². The molecular weight excluding hydrogens is 432 g/mol. The molecular formula is C26H18N4O4. The maximum absolute atomic E-state index is 13.1. The second-order valence-electron chi connectivity index (χ2n) is 7.50. The van der Waals surface area contributed by atoms with E-state index in [9.17, 15) is 14.7 Å². The molecule has 5 aromatic rings. The highest BCUT2D eigenvalue weighted by atomic mass is 16.3. The molecule has 0 aliphatic carbocycles. The second kappa shape index (κ2) is 8.51. The molecule has 5 rings (SSSR count). The lowest BCUT2D eigenvalue weighted by Gasteiger charge is -2.12. The fourth-order valence-corrected chi connectivity index (χ4v) is 3.75. The maximum Gasteiger partial charge on any atom is 0.286 e. The largest absolute Gasteiger partial charge is 0.505 e. The van der Waals surface area contributed by atoms with Gasteiger partial charge < -0.3 is 20.6 Å². The SMILES string of the molecule is NC(=O)c1oc2ccccc2c1/N=N/c1cc2ccccc2c(C(=O)Nc2ccccc2)c1O. The van der Waals surface area contributed by atoms with Crippen molar-refractivity contribution in [1.82, 2.24) is 0 Å². The van der Waals surface area contributed by atoms with Crippen molar-refractivity contribution >= 4 is 50.6 Å². The molecule has 1 heterocycles. The van der Waals surface area contributed by atoms with Gasteiger partial charge in [-0.1, -0.05) is 54.6 Å². The van der Waals surface area contributed by atoms with E-state index in [0.29, 0.717) is 27.4 Å². The average molecular weight is 450 g/mol. The third kappa shape index (κ3) is 3.73. The lowest BCUT2D eigenvalue weighted by molar-refractivity contribution is 0.0975. The molecule has 166 valence electrons. The van der Waals surface area contributed by atoms with Crippen LogP contribution in [0.25, 0.3) is 21.7 Å². The van der Waals surface area contributed by atoms with Crippen molar-refractivity contribution in [3.63, 3.8) is 0 Å². The van der Waals surface area contributed by atoms with E-state index in [1.165, 1.54) is 0 Å². The fourth-order valence-electron chi connectivity index (χ4n) is 3.75. The Hall–Kier alpha value is -4.98. The first-order valence-electron chi connectivity index (χ1n) is 10.4. The van der Waals surface area contributed by atoms with Crippen LogP contribution in [0.1, 0.15) is 20.9 Å². The van der Waals surface area contributed by atoms with Crippen molar-refractivity contribution in [2.24, 2.45) is 16.0 Å². The van der Waals surface area contributed by atoms with Gasteiger partial charge >= 0.3 is 0 Å². The average Bonchev–Trinajstić information content (AvgIpc) is 3.22. The van der Waals surface area contributed by atoms with Gasteiger partial charge in [0.15, 0.2) is 5.75 Å². The summed E-state index contributed by atoms with van der Waals surface area (Å²) in [6.45, 7) is 0. The predicted molar refractivity (Wildman–Crippen MR) is 129 cm³/mol. The second-order valence-corrected chi connectivity index (χ2v) is 7.50. The van der Waals surface area contributed by atoms with Crippen molar-refractivity contribution in [3.8, 4) is 5.75 Å². The van der Waals surface area contributed by atoms with Gasteiger partial charge in [-0.15, -0.1) is 10.2 Å². The maximum atomic E-state index is 13.1. The Labute approximate surface area is 193 Å². The lowest BCUT2D eigenvalue weighted by atomic mass is 10.0. The van der Waals surface area contributed by atoms with E-state index < -0.39 is 11.8 Å². The third-order valence-corrected chi connectivity index (χ3v) is 5.31. The van der Waals surface area contributed by atoms with E-state index in [-0.39, 0.29) is 28.4 Å². The number of amides is 2. The topological polar surface area (TPSA) is 130 Å². The molecule has 0 fully saturated rings. The number of anilines is 1. The Morgan fingerprint density at radius 2 is 1.53 bits per heavy atom. The molecule has 0 saturated carbocycles. The van der Waals surface area contributed by atoms with Crippen LogP contribution in [0, 0.1) is 0 Å². The van der Waals surface area contributed by atoms with E-state index >= 15 is 0 Å².